The van der Waals surface area contributed by atoms with Gasteiger partial charge in [0.05, 0.1) is 0 Å². The van der Waals surface area contributed by atoms with Gasteiger partial charge in [0.1, 0.15) is 5.69 Å². The second kappa shape index (κ2) is 4.29. The van der Waals surface area contributed by atoms with E-state index in [4.69, 9.17) is 0 Å². The minimum Gasteiger partial charge on any atom is -0.292 e. The summed E-state index contributed by atoms with van der Waals surface area (Å²) < 4.78 is 0. The average molecular weight is 255 g/mol. The Bertz CT molecular complexity index is 512. The Labute approximate surface area is 114 Å². The van der Waals surface area contributed by atoms with E-state index in [1.165, 1.54) is 0 Å². The fraction of sp³-hybridized carbons (Fsp3) is 0.529. The van der Waals surface area contributed by atoms with Crippen molar-refractivity contribution in [2.24, 2.45) is 29.1 Å². The molecular formula is C17H21NO. The molecule has 0 amide bonds. The van der Waals surface area contributed by atoms with Crippen molar-refractivity contribution in [3.63, 3.8) is 0 Å². The average Bonchev–Trinajstić information content (AvgIpc) is 2.98. The van der Waals surface area contributed by atoms with Crippen LogP contribution in [-0.4, -0.2) is 10.8 Å². The summed E-state index contributed by atoms with van der Waals surface area (Å²) in [4.78, 5) is 17.0. The highest BCUT2D eigenvalue weighted by atomic mass is 16.1. The molecule has 1 fully saturated rings. The predicted octanol–water partition coefficient (Wildman–Crippen LogP) is 3.75. The summed E-state index contributed by atoms with van der Waals surface area (Å²) in [5, 5.41) is 0. The normalized spacial score (nSPS) is 32.8. The number of hydrogen-bond donors (Lipinski definition) is 0. The second-order valence-corrected chi connectivity index (χ2v) is 6.95. The molecule has 2 aliphatic carbocycles. The Morgan fingerprint density at radius 1 is 1.21 bits per heavy atom. The Balaban J connectivity index is 1.95. The summed E-state index contributed by atoms with van der Waals surface area (Å²) in [6.45, 7) is 6.76. The lowest BCUT2D eigenvalue weighted by atomic mass is 9.66. The molecule has 2 heteroatoms. The topological polar surface area (TPSA) is 30.0 Å². The van der Waals surface area contributed by atoms with E-state index in [0.29, 0.717) is 23.4 Å². The highest BCUT2D eigenvalue weighted by Crippen LogP contribution is 2.55. The van der Waals surface area contributed by atoms with Gasteiger partial charge in [-0.2, -0.15) is 0 Å². The predicted molar refractivity (Wildman–Crippen MR) is 75.7 cm³/mol. The molecule has 1 aromatic rings. The maximum atomic E-state index is 12.8. The number of hydrogen-bond acceptors (Lipinski definition) is 2. The van der Waals surface area contributed by atoms with Gasteiger partial charge in [-0.3, -0.25) is 9.78 Å². The maximum absolute atomic E-state index is 12.8. The largest absolute Gasteiger partial charge is 0.292 e. The van der Waals surface area contributed by atoms with Gasteiger partial charge in [0.15, 0.2) is 5.78 Å². The molecule has 19 heavy (non-hydrogen) atoms. The summed E-state index contributed by atoms with van der Waals surface area (Å²) in [6, 6.07) is 5.60. The second-order valence-electron chi connectivity index (χ2n) is 6.95. The molecule has 100 valence electrons. The van der Waals surface area contributed by atoms with E-state index in [0.717, 1.165) is 6.42 Å². The standard InChI is InChI=1S/C17H21NO/c1-17(2,3)15-12-8-7-11(10-12)14(15)16(19)13-6-4-5-9-18-13/h4-9,11-12,14-15H,10H2,1-3H3/t11-,12+,14-,15-/m1/s1. The van der Waals surface area contributed by atoms with Gasteiger partial charge in [0.2, 0.25) is 0 Å². The number of rotatable bonds is 2. The van der Waals surface area contributed by atoms with Crippen LogP contribution in [0.4, 0.5) is 0 Å². The summed E-state index contributed by atoms with van der Waals surface area (Å²) >= 11 is 0. The molecule has 1 heterocycles. The fourth-order valence-corrected chi connectivity index (χ4v) is 4.04. The first-order valence-electron chi connectivity index (χ1n) is 7.12. The molecule has 0 spiro atoms. The molecule has 0 N–H and O–H groups in total. The fourth-order valence-electron chi connectivity index (χ4n) is 4.04. The smallest absolute Gasteiger partial charge is 0.185 e. The Morgan fingerprint density at radius 2 is 1.95 bits per heavy atom. The minimum atomic E-state index is 0.116. The van der Waals surface area contributed by atoms with Gasteiger partial charge in [-0.05, 0) is 41.7 Å². The van der Waals surface area contributed by atoms with E-state index in [9.17, 15) is 4.79 Å². The quantitative estimate of drug-likeness (QED) is 0.595. The van der Waals surface area contributed by atoms with Crippen molar-refractivity contribution >= 4 is 5.78 Å². The van der Waals surface area contributed by atoms with Gasteiger partial charge in [-0.1, -0.05) is 39.0 Å². The van der Waals surface area contributed by atoms with Crippen LogP contribution >= 0.6 is 0 Å². The summed E-state index contributed by atoms with van der Waals surface area (Å²) in [5.41, 5.74) is 0.793. The first kappa shape index (κ1) is 12.6. The van der Waals surface area contributed by atoms with Crippen molar-refractivity contribution < 1.29 is 4.79 Å². The molecule has 3 rings (SSSR count). The molecule has 0 aromatic carbocycles. The third kappa shape index (κ3) is 2.03. The van der Waals surface area contributed by atoms with Crippen molar-refractivity contribution in [3.05, 3.63) is 42.2 Å². The Morgan fingerprint density at radius 3 is 2.58 bits per heavy atom. The molecule has 0 radical (unpaired) electrons. The van der Waals surface area contributed by atoms with Gasteiger partial charge in [-0.15, -0.1) is 0 Å². The van der Waals surface area contributed by atoms with E-state index in [2.05, 4.69) is 37.9 Å². The molecule has 0 unspecified atom stereocenters. The number of carbonyl (C=O) groups is 1. The van der Waals surface area contributed by atoms with Crippen LogP contribution in [0, 0.1) is 29.1 Å². The number of allylic oxidation sites excluding steroid dienone is 2. The van der Waals surface area contributed by atoms with Crippen LogP contribution in [0.2, 0.25) is 0 Å². The number of fused-ring (bicyclic) bond motifs is 2. The van der Waals surface area contributed by atoms with Crippen LogP contribution in [0.1, 0.15) is 37.7 Å². The third-order valence-corrected chi connectivity index (χ3v) is 4.68. The summed E-state index contributed by atoms with van der Waals surface area (Å²) in [6.07, 6.45) is 7.43. The molecule has 1 aromatic heterocycles. The monoisotopic (exact) mass is 255 g/mol. The van der Waals surface area contributed by atoms with Crippen LogP contribution in [-0.2, 0) is 0 Å². The zero-order valence-corrected chi connectivity index (χ0v) is 11.8. The van der Waals surface area contributed by atoms with E-state index in [1.54, 1.807) is 6.20 Å². The van der Waals surface area contributed by atoms with Crippen LogP contribution in [0.5, 0.6) is 0 Å². The number of ketones is 1. The van der Waals surface area contributed by atoms with Gasteiger partial charge in [-0.25, -0.2) is 0 Å². The van der Waals surface area contributed by atoms with Gasteiger partial charge < -0.3 is 0 Å². The lowest BCUT2D eigenvalue weighted by Crippen LogP contribution is -2.36. The van der Waals surface area contributed by atoms with E-state index >= 15 is 0 Å². The van der Waals surface area contributed by atoms with Crippen molar-refractivity contribution in [2.45, 2.75) is 27.2 Å². The highest BCUT2D eigenvalue weighted by molar-refractivity contribution is 5.97. The number of Topliss-reactive ketones (excluding diaryl/α,β-unsaturated/α-hetero) is 1. The highest BCUT2D eigenvalue weighted by Gasteiger charge is 2.52. The number of pyridine rings is 1. The Hall–Kier alpha value is -1.44. The number of carbonyl (C=O) groups excluding carboxylic acids is 1. The molecule has 4 atom stereocenters. The maximum Gasteiger partial charge on any atom is 0.185 e. The van der Waals surface area contributed by atoms with Gasteiger partial charge in [0.25, 0.3) is 0 Å². The minimum absolute atomic E-state index is 0.116. The summed E-state index contributed by atoms with van der Waals surface area (Å²) in [7, 11) is 0. The van der Waals surface area contributed by atoms with Crippen molar-refractivity contribution in [1.82, 2.24) is 4.98 Å². The third-order valence-electron chi connectivity index (χ3n) is 4.68. The van der Waals surface area contributed by atoms with Crippen LogP contribution < -0.4 is 0 Å². The SMILES string of the molecule is CC(C)(C)[C@H]1[C@H](C(=O)c2ccccn2)[C@@H]2C=C[C@H]1C2. The lowest BCUT2D eigenvalue weighted by Gasteiger charge is -2.37. The molecule has 2 nitrogen and oxygen atoms in total. The van der Waals surface area contributed by atoms with Crippen molar-refractivity contribution in [2.75, 3.05) is 0 Å². The van der Waals surface area contributed by atoms with E-state index < -0.39 is 0 Å². The zero-order chi connectivity index (χ0) is 13.6. The van der Waals surface area contributed by atoms with Crippen LogP contribution in [0.3, 0.4) is 0 Å². The van der Waals surface area contributed by atoms with E-state index in [-0.39, 0.29) is 17.1 Å². The zero-order valence-electron chi connectivity index (χ0n) is 11.8. The van der Waals surface area contributed by atoms with Crippen molar-refractivity contribution in [1.29, 1.82) is 0 Å². The van der Waals surface area contributed by atoms with E-state index in [1.807, 2.05) is 18.2 Å². The van der Waals surface area contributed by atoms with Gasteiger partial charge in [0, 0.05) is 12.1 Å². The summed E-state index contributed by atoms with van der Waals surface area (Å²) in [5.74, 6) is 1.78. The molecular weight excluding hydrogens is 234 g/mol. The lowest BCUT2D eigenvalue weighted by molar-refractivity contribution is 0.0736. The molecule has 1 saturated carbocycles. The molecule has 0 saturated heterocycles. The molecule has 2 aliphatic rings. The van der Waals surface area contributed by atoms with Crippen LogP contribution in [0.15, 0.2) is 36.5 Å². The van der Waals surface area contributed by atoms with Gasteiger partial charge >= 0.3 is 0 Å². The molecule has 2 bridgehead atoms. The van der Waals surface area contributed by atoms with Crippen LogP contribution in [0.25, 0.3) is 0 Å². The number of nitrogens with zero attached hydrogens (tertiary/aromatic N) is 1. The Kier molecular flexibility index (Phi) is 2.84. The first-order chi connectivity index (χ1) is 8.98. The number of aromatic nitrogens is 1. The molecule has 0 aliphatic heterocycles. The van der Waals surface area contributed by atoms with Crippen molar-refractivity contribution in [3.8, 4) is 0 Å². The first-order valence-corrected chi connectivity index (χ1v) is 7.12.